The molecule has 0 saturated carbocycles. The lowest BCUT2D eigenvalue weighted by Gasteiger charge is -2.31. The van der Waals surface area contributed by atoms with Crippen LogP contribution in [0.5, 0.6) is 0 Å². The Bertz CT molecular complexity index is 1130. The van der Waals surface area contributed by atoms with E-state index in [-0.39, 0.29) is 18.1 Å². The second-order valence-electron chi connectivity index (χ2n) is 8.18. The summed E-state index contributed by atoms with van der Waals surface area (Å²) in [5, 5.41) is 3.25. The Hall–Kier alpha value is -2.10. The van der Waals surface area contributed by atoms with Crippen LogP contribution in [0.2, 0.25) is 5.02 Å². The van der Waals surface area contributed by atoms with Crippen LogP contribution in [-0.4, -0.2) is 50.5 Å². The largest absolute Gasteiger partial charge is 0.354 e. The van der Waals surface area contributed by atoms with Crippen LogP contribution in [0.3, 0.4) is 0 Å². The summed E-state index contributed by atoms with van der Waals surface area (Å²) >= 11 is 9.63. The molecule has 7 nitrogen and oxygen atoms in total. The molecule has 34 heavy (non-hydrogen) atoms. The quantitative estimate of drug-likeness (QED) is 0.402. The smallest absolute Gasteiger partial charge is 0.244 e. The third-order valence-corrected chi connectivity index (χ3v) is 7.40. The second kappa shape index (κ2) is 12.6. The van der Waals surface area contributed by atoms with Gasteiger partial charge in [-0.1, -0.05) is 59.1 Å². The molecule has 0 aliphatic carbocycles. The van der Waals surface area contributed by atoms with Gasteiger partial charge in [0.1, 0.15) is 12.6 Å². The lowest BCUT2D eigenvalue weighted by atomic mass is 10.1. The number of hydrogen-bond donors (Lipinski definition) is 1. The van der Waals surface area contributed by atoms with Gasteiger partial charge >= 0.3 is 0 Å². The highest BCUT2D eigenvalue weighted by atomic mass is 79.9. The zero-order valence-electron chi connectivity index (χ0n) is 19.8. The van der Waals surface area contributed by atoms with Crippen LogP contribution >= 0.6 is 27.5 Å². The van der Waals surface area contributed by atoms with Crippen molar-refractivity contribution in [3.63, 3.8) is 0 Å². The van der Waals surface area contributed by atoms with Crippen LogP contribution in [0.4, 0.5) is 5.69 Å². The summed E-state index contributed by atoms with van der Waals surface area (Å²) in [5.74, 6) is -0.790. The highest BCUT2D eigenvalue weighted by Crippen LogP contribution is 2.25. The van der Waals surface area contributed by atoms with Crippen LogP contribution in [0.1, 0.15) is 37.8 Å². The van der Waals surface area contributed by atoms with E-state index in [9.17, 15) is 18.0 Å². The van der Waals surface area contributed by atoms with E-state index in [1.165, 1.54) is 11.0 Å². The van der Waals surface area contributed by atoms with Crippen molar-refractivity contribution in [1.82, 2.24) is 10.2 Å². The fourth-order valence-corrected chi connectivity index (χ4v) is 4.76. The number of aryl methyl sites for hydroxylation is 1. The van der Waals surface area contributed by atoms with Crippen molar-refractivity contribution in [3.05, 3.63) is 63.1 Å². The normalized spacial score (nSPS) is 12.2. The molecular formula is C24H31BrClN3O4S. The van der Waals surface area contributed by atoms with Crippen LogP contribution < -0.4 is 9.62 Å². The van der Waals surface area contributed by atoms with Crippen molar-refractivity contribution < 1.29 is 18.0 Å². The van der Waals surface area contributed by atoms with Crippen molar-refractivity contribution in [2.45, 2.75) is 46.2 Å². The number of unbranched alkanes of at least 4 members (excludes halogenated alkanes) is 1. The van der Waals surface area contributed by atoms with Gasteiger partial charge in [0.05, 0.1) is 11.9 Å². The summed E-state index contributed by atoms with van der Waals surface area (Å²) < 4.78 is 27.0. The monoisotopic (exact) mass is 571 g/mol. The number of hydrogen-bond acceptors (Lipinski definition) is 4. The number of amides is 2. The summed E-state index contributed by atoms with van der Waals surface area (Å²) in [6.45, 7) is 5.67. The van der Waals surface area contributed by atoms with Crippen molar-refractivity contribution in [3.8, 4) is 0 Å². The van der Waals surface area contributed by atoms with E-state index >= 15 is 0 Å². The summed E-state index contributed by atoms with van der Waals surface area (Å²) in [5.41, 5.74) is 1.88. The van der Waals surface area contributed by atoms with Gasteiger partial charge in [0.25, 0.3) is 0 Å². The van der Waals surface area contributed by atoms with Gasteiger partial charge < -0.3 is 10.2 Å². The highest BCUT2D eigenvalue weighted by molar-refractivity contribution is 9.10. The van der Waals surface area contributed by atoms with E-state index in [0.717, 1.165) is 39.0 Å². The maximum absolute atomic E-state index is 13.5. The Morgan fingerprint density at radius 2 is 1.88 bits per heavy atom. The molecule has 2 aromatic rings. The molecule has 0 aromatic heterocycles. The molecule has 186 valence electrons. The minimum absolute atomic E-state index is 0.146. The van der Waals surface area contributed by atoms with Gasteiger partial charge in [-0.2, -0.15) is 0 Å². The molecule has 0 bridgehead atoms. The Balaban J connectivity index is 2.37. The highest BCUT2D eigenvalue weighted by Gasteiger charge is 2.30. The van der Waals surface area contributed by atoms with Crippen LogP contribution in [0.15, 0.2) is 46.9 Å². The van der Waals surface area contributed by atoms with E-state index in [2.05, 4.69) is 21.2 Å². The Morgan fingerprint density at radius 1 is 1.18 bits per heavy atom. The Labute approximate surface area is 215 Å². The molecule has 0 radical (unpaired) electrons. The molecular weight excluding hydrogens is 542 g/mol. The van der Waals surface area contributed by atoms with E-state index in [4.69, 9.17) is 11.6 Å². The predicted octanol–water partition coefficient (Wildman–Crippen LogP) is 4.51. The van der Waals surface area contributed by atoms with Gasteiger partial charge in [0, 0.05) is 22.6 Å². The van der Waals surface area contributed by atoms with Crippen LogP contribution in [-0.2, 0) is 26.2 Å². The topological polar surface area (TPSA) is 86.8 Å². The third-order valence-electron chi connectivity index (χ3n) is 5.36. The summed E-state index contributed by atoms with van der Waals surface area (Å²) in [4.78, 5) is 27.7. The van der Waals surface area contributed by atoms with Crippen LogP contribution in [0.25, 0.3) is 0 Å². The first-order valence-corrected chi connectivity index (χ1v) is 14.0. The molecule has 10 heteroatoms. The number of nitrogens with one attached hydrogen (secondary N) is 1. The van der Waals surface area contributed by atoms with E-state index in [1.54, 1.807) is 26.0 Å². The molecule has 0 heterocycles. The fourth-order valence-electron chi connectivity index (χ4n) is 3.30. The Morgan fingerprint density at radius 3 is 2.47 bits per heavy atom. The molecule has 0 fully saturated rings. The molecule has 0 spiro atoms. The van der Waals surface area contributed by atoms with Gasteiger partial charge in [-0.05, 0) is 55.7 Å². The van der Waals surface area contributed by atoms with Crippen molar-refractivity contribution in [2.24, 2.45) is 0 Å². The maximum atomic E-state index is 13.5. The first-order chi connectivity index (χ1) is 15.9. The van der Waals surface area contributed by atoms with Gasteiger partial charge in [-0.15, -0.1) is 0 Å². The number of sulfonamides is 1. The van der Waals surface area contributed by atoms with Gasteiger partial charge in [0.15, 0.2) is 0 Å². The van der Waals surface area contributed by atoms with Crippen molar-refractivity contribution in [2.75, 3.05) is 23.7 Å². The molecule has 1 unspecified atom stereocenters. The van der Waals surface area contributed by atoms with Gasteiger partial charge in [-0.25, -0.2) is 8.42 Å². The summed E-state index contributed by atoms with van der Waals surface area (Å²) in [7, 11) is -3.80. The standard InChI is InChI=1S/C24H31BrClN3O4S/c1-5-6-12-27-24(31)18(3)28(15-19-8-7-9-20(25)13-19)23(30)16-29(34(4,32)33)21-11-10-17(2)22(26)14-21/h7-11,13-14,18H,5-6,12,15-16H2,1-4H3,(H,27,31). The summed E-state index contributed by atoms with van der Waals surface area (Å²) in [6.07, 6.45) is 2.79. The molecule has 2 amide bonds. The SMILES string of the molecule is CCCCNC(=O)C(C)N(Cc1cccc(Br)c1)C(=O)CN(c1ccc(C)c(Cl)c1)S(C)(=O)=O. The molecule has 2 aromatic carbocycles. The van der Waals surface area contributed by atoms with Crippen molar-refractivity contribution in [1.29, 1.82) is 0 Å². The van der Waals surface area contributed by atoms with Gasteiger partial charge in [-0.3, -0.25) is 13.9 Å². The third kappa shape index (κ3) is 7.99. The number of carbonyl (C=O) groups is 2. The first kappa shape index (κ1) is 28.1. The molecule has 0 saturated heterocycles. The average molecular weight is 573 g/mol. The van der Waals surface area contributed by atoms with E-state index < -0.39 is 28.5 Å². The predicted molar refractivity (Wildman–Crippen MR) is 140 cm³/mol. The minimum Gasteiger partial charge on any atom is -0.354 e. The lowest BCUT2D eigenvalue weighted by Crippen LogP contribution is -2.51. The summed E-state index contributed by atoms with van der Waals surface area (Å²) in [6, 6.07) is 11.4. The number of rotatable bonds is 11. The average Bonchev–Trinajstić information content (AvgIpc) is 2.76. The Kier molecular flexibility index (Phi) is 10.4. The molecule has 1 atom stereocenters. The molecule has 2 rings (SSSR count). The van der Waals surface area contributed by atoms with E-state index in [1.807, 2.05) is 31.2 Å². The zero-order chi connectivity index (χ0) is 25.5. The second-order valence-corrected chi connectivity index (χ2v) is 11.4. The van der Waals surface area contributed by atoms with Crippen LogP contribution in [0, 0.1) is 6.92 Å². The molecule has 0 aliphatic heterocycles. The molecule has 0 aliphatic rings. The number of anilines is 1. The number of nitrogens with zero attached hydrogens (tertiary/aromatic N) is 2. The number of benzene rings is 2. The first-order valence-electron chi connectivity index (χ1n) is 11.0. The lowest BCUT2D eigenvalue weighted by molar-refractivity contribution is -0.139. The number of carbonyl (C=O) groups excluding carboxylic acids is 2. The maximum Gasteiger partial charge on any atom is 0.244 e. The number of halogens is 2. The van der Waals surface area contributed by atoms with Gasteiger partial charge in [0.2, 0.25) is 21.8 Å². The zero-order valence-corrected chi connectivity index (χ0v) is 23.0. The fraction of sp³-hybridized carbons (Fsp3) is 0.417. The van der Waals surface area contributed by atoms with E-state index in [0.29, 0.717) is 11.6 Å². The van der Waals surface area contributed by atoms with Crippen molar-refractivity contribution >= 4 is 55.1 Å². The molecule has 1 N–H and O–H groups in total. The minimum atomic E-state index is -3.80.